The van der Waals surface area contributed by atoms with Crippen molar-refractivity contribution in [2.75, 3.05) is 13.1 Å². The highest BCUT2D eigenvalue weighted by molar-refractivity contribution is 6.30. The molecule has 5 nitrogen and oxygen atoms in total. The van der Waals surface area contributed by atoms with Crippen molar-refractivity contribution in [2.45, 2.75) is 25.2 Å². The van der Waals surface area contributed by atoms with E-state index >= 15 is 0 Å². The van der Waals surface area contributed by atoms with Crippen LogP contribution in [0.25, 0.3) is 11.3 Å². The molecule has 6 heteroatoms. The number of carbonyl (C=O) groups excluding carboxylic acids is 1. The monoisotopic (exact) mass is 392 g/mol. The largest absolute Gasteiger partial charge is 0.342 e. The molecule has 0 bridgehead atoms. The number of halogens is 1. The molecule has 1 saturated heterocycles. The van der Waals surface area contributed by atoms with E-state index in [1.165, 1.54) is 0 Å². The normalized spacial score (nSPS) is 16.8. The number of aromatic nitrogens is 3. The maximum absolute atomic E-state index is 12.8. The number of hydrogen-bond acceptors (Lipinski definition) is 4. The predicted molar refractivity (Wildman–Crippen MR) is 109 cm³/mol. The Morgan fingerprint density at radius 3 is 2.86 bits per heavy atom. The first kappa shape index (κ1) is 18.6. The molecule has 142 valence electrons. The molecule has 3 heterocycles. The van der Waals surface area contributed by atoms with Crippen LogP contribution >= 0.6 is 11.6 Å². The lowest BCUT2D eigenvalue weighted by molar-refractivity contribution is -0.131. The summed E-state index contributed by atoms with van der Waals surface area (Å²) in [7, 11) is 0. The molecule has 0 unspecified atom stereocenters. The summed E-state index contributed by atoms with van der Waals surface area (Å²) in [5.41, 5.74) is 3.67. The Balaban J connectivity index is 1.55. The second-order valence-electron chi connectivity index (χ2n) is 7.02. The van der Waals surface area contributed by atoms with Crippen LogP contribution in [-0.4, -0.2) is 38.8 Å². The van der Waals surface area contributed by atoms with Gasteiger partial charge in [0, 0.05) is 54.4 Å². The third kappa shape index (κ3) is 4.20. The Morgan fingerprint density at radius 1 is 1.14 bits per heavy atom. The quantitative estimate of drug-likeness (QED) is 0.669. The van der Waals surface area contributed by atoms with Crippen molar-refractivity contribution in [3.63, 3.8) is 0 Å². The fraction of sp³-hybridized carbons (Fsp3) is 0.273. The van der Waals surface area contributed by atoms with Crippen molar-refractivity contribution in [2.24, 2.45) is 0 Å². The fourth-order valence-corrected chi connectivity index (χ4v) is 3.91. The summed E-state index contributed by atoms with van der Waals surface area (Å²) in [6.07, 6.45) is 9.21. The molecule has 3 aromatic rings. The van der Waals surface area contributed by atoms with Crippen LogP contribution in [0.1, 0.15) is 30.0 Å². The lowest BCUT2D eigenvalue weighted by Gasteiger charge is -2.33. The van der Waals surface area contributed by atoms with Gasteiger partial charge in [-0.2, -0.15) is 0 Å². The van der Waals surface area contributed by atoms with Crippen LogP contribution in [0, 0.1) is 0 Å². The summed E-state index contributed by atoms with van der Waals surface area (Å²) in [5.74, 6) is 0.292. The van der Waals surface area contributed by atoms with Gasteiger partial charge < -0.3 is 4.90 Å². The summed E-state index contributed by atoms with van der Waals surface area (Å²) in [4.78, 5) is 28.0. The maximum Gasteiger partial charge on any atom is 0.227 e. The van der Waals surface area contributed by atoms with Crippen molar-refractivity contribution >= 4 is 17.5 Å². The van der Waals surface area contributed by atoms with Gasteiger partial charge in [0.2, 0.25) is 5.91 Å². The molecule has 1 atom stereocenters. The van der Waals surface area contributed by atoms with E-state index in [1.807, 2.05) is 41.3 Å². The standard InChI is InChI=1S/C22H21ClN4O/c23-19-7-1-5-17(13-19)21-22(26-10-9-25-21)18-6-3-11-27(15-18)20(28)12-16-4-2-8-24-14-16/h1-2,4-5,7-10,13-14,18H,3,6,11-12,15H2/t18-/m1/s1. The van der Waals surface area contributed by atoms with Crippen LogP contribution in [0.2, 0.25) is 5.02 Å². The van der Waals surface area contributed by atoms with Crippen molar-refractivity contribution in [3.8, 4) is 11.3 Å². The third-order valence-corrected chi connectivity index (χ3v) is 5.30. The number of hydrogen-bond donors (Lipinski definition) is 0. The molecule has 1 aromatic carbocycles. The predicted octanol–water partition coefficient (Wildman–Crippen LogP) is 4.14. The Morgan fingerprint density at radius 2 is 2.04 bits per heavy atom. The average molecular weight is 393 g/mol. The molecule has 0 N–H and O–H groups in total. The van der Waals surface area contributed by atoms with Gasteiger partial charge in [-0.25, -0.2) is 0 Å². The smallest absolute Gasteiger partial charge is 0.227 e. The van der Waals surface area contributed by atoms with Crippen LogP contribution in [0.15, 0.2) is 61.2 Å². The zero-order chi connectivity index (χ0) is 19.3. The van der Waals surface area contributed by atoms with Crippen LogP contribution in [0.5, 0.6) is 0 Å². The van der Waals surface area contributed by atoms with E-state index in [4.69, 9.17) is 11.6 Å². The van der Waals surface area contributed by atoms with Crippen molar-refractivity contribution in [1.29, 1.82) is 0 Å². The molecule has 1 aliphatic rings. The molecule has 0 saturated carbocycles. The Kier molecular flexibility index (Phi) is 5.63. The van der Waals surface area contributed by atoms with E-state index in [1.54, 1.807) is 24.8 Å². The van der Waals surface area contributed by atoms with Gasteiger partial charge in [-0.15, -0.1) is 0 Å². The van der Waals surface area contributed by atoms with E-state index in [0.717, 1.165) is 41.9 Å². The molecular formula is C22H21ClN4O. The zero-order valence-corrected chi connectivity index (χ0v) is 16.2. The van der Waals surface area contributed by atoms with Gasteiger partial charge in [0.25, 0.3) is 0 Å². The second-order valence-corrected chi connectivity index (χ2v) is 7.45. The molecule has 1 amide bonds. The maximum atomic E-state index is 12.8. The number of amides is 1. The van der Waals surface area contributed by atoms with Gasteiger partial charge in [-0.05, 0) is 36.6 Å². The number of rotatable bonds is 4. The minimum atomic E-state index is 0.130. The summed E-state index contributed by atoms with van der Waals surface area (Å²) < 4.78 is 0. The SMILES string of the molecule is O=C(Cc1cccnc1)N1CCC[C@@H](c2nccnc2-c2cccc(Cl)c2)C1. The number of piperidine rings is 1. The summed E-state index contributed by atoms with van der Waals surface area (Å²) >= 11 is 6.17. The Labute approximate surface area is 169 Å². The first-order valence-electron chi connectivity index (χ1n) is 9.44. The summed E-state index contributed by atoms with van der Waals surface area (Å²) in [5, 5.41) is 0.672. The molecule has 28 heavy (non-hydrogen) atoms. The molecular weight excluding hydrogens is 372 g/mol. The van der Waals surface area contributed by atoms with E-state index in [2.05, 4.69) is 15.0 Å². The molecule has 0 radical (unpaired) electrons. The van der Waals surface area contributed by atoms with Gasteiger partial charge >= 0.3 is 0 Å². The van der Waals surface area contributed by atoms with Crippen LogP contribution < -0.4 is 0 Å². The minimum absolute atomic E-state index is 0.130. The highest BCUT2D eigenvalue weighted by Gasteiger charge is 2.28. The lowest BCUT2D eigenvalue weighted by Crippen LogP contribution is -2.40. The molecule has 4 rings (SSSR count). The number of carbonyl (C=O) groups is 1. The Hall–Kier alpha value is -2.79. The average Bonchev–Trinajstić information content (AvgIpc) is 2.74. The molecule has 1 fully saturated rings. The van der Waals surface area contributed by atoms with E-state index in [0.29, 0.717) is 18.0 Å². The second kappa shape index (κ2) is 8.48. The summed E-state index contributed by atoms with van der Waals surface area (Å²) in [6, 6.07) is 11.5. The molecule has 0 aliphatic carbocycles. The van der Waals surface area contributed by atoms with Gasteiger partial charge in [-0.1, -0.05) is 29.8 Å². The number of pyridine rings is 1. The number of likely N-dealkylation sites (tertiary alicyclic amines) is 1. The van der Waals surface area contributed by atoms with Crippen molar-refractivity contribution < 1.29 is 4.79 Å². The minimum Gasteiger partial charge on any atom is -0.342 e. The molecule has 2 aromatic heterocycles. The number of nitrogens with zero attached hydrogens (tertiary/aromatic N) is 4. The van der Waals surface area contributed by atoms with Crippen LogP contribution in [0.3, 0.4) is 0 Å². The summed E-state index contributed by atoms with van der Waals surface area (Å²) in [6.45, 7) is 1.44. The van der Waals surface area contributed by atoms with Crippen LogP contribution in [0.4, 0.5) is 0 Å². The van der Waals surface area contributed by atoms with E-state index in [9.17, 15) is 4.79 Å². The highest BCUT2D eigenvalue weighted by Crippen LogP contribution is 2.32. The van der Waals surface area contributed by atoms with E-state index < -0.39 is 0 Å². The third-order valence-electron chi connectivity index (χ3n) is 5.06. The van der Waals surface area contributed by atoms with Gasteiger partial charge in [0.15, 0.2) is 0 Å². The zero-order valence-electron chi connectivity index (χ0n) is 15.5. The fourth-order valence-electron chi connectivity index (χ4n) is 3.72. The first-order valence-corrected chi connectivity index (χ1v) is 9.82. The first-order chi connectivity index (χ1) is 13.7. The highest BCUT2D eigenvalue weighted by atomic mass is 35.5. The topological polar surface area (TPSA) is 59.0 Å². The molecule has 0 spiro atoms. The van der Waals surface area contributed by atoms with Crippen LogP contribution in [-0.2, 0) is 11.2 Å². The lowest BCUT2D eigenvalue weighted by atomic mass is 9.91. The van der Waals surface area contributed by atoms with Crippen molar-refractivity contribution in [3.05, 3.63) is 77.5 Å². The molecule has 1 aliphatic heterocycles. The van der Waals surface area contributed by atoms with Gasteiger partial charge in [0.05, 0.1) is 17.8 Å². The number of benzene rings is 1. The van der Waals surface area contributed by atoms with Gasteiger partial charge in [0.1, 0.15) is 0 Å². The van der Waals surface area contributed by atoms with Gasteiger partial charge in [-0.3, -0.25) is 19.7 Å². The Bertz CT molecular complexity index is 964. The van der Waals surface area contributed by atoms with E-state index in [-0.39, 0.29) is 11.8 Å². The van der Waals surface area contributed by atoms with Crippen molar-refractivity contribution in [1.82, 2.24) is 19.9 Å².